The lowest BCUT2D eigenvalue weighted by Crippen LogP contribution is -2.55. The molecule has 4 atom stereocenters. The summed E-state index contributed by atoms with van der Waals surface area (Å²) >= 11 is 1.35. The fraction of sp³-hybridized carbons (Fsp3) is 0.474. The molecule has 3 aliphatic heterocycles. The Morgan fingerprint density at radius 3 is 2.83 bits per heavy atom. The molecule has 1 aliphatic carbocycles. The monoisotopic (exact) mass is 431 g/mol. The van der Waals surface area contributed by atoms with E-state index in [-0.39, 0.29) is 41.5 Å². The van der Waals surface area contributed by atoms with Crippen LogP contribution in [0, 0.1) is 12.8 Å². The second kappa shape index (κ2) is 6.37. The third kappa shape index (κ3) is 2.42. The molecule has 0 bridgehead atoms. The summed E-state index contributed by atoms with van der Waals surface area (Å²) in [5.74, 6) is -1.23. The van der Waals surface area contributed by atoms with Crippen molar-refractivity contribution in [1.82, 2.24) is 15.2 Å². The minimum atomic E-state index is -0.983. The average molecular weight is 431 g/mol. The minimum Gasteiger partial charge on any atom is -0.449 e. The van der Waals surface area contributed by atoms with Gasteiger partial charge in [0.05, 0.1) is 29.0 Å². The van der Waals surface area contributed by atoms with Crippen LogP contribution in [0.4, 0.5) is 9.93 Å². The molecule has 0 saturated carbocycles. The van der Waals surface area contributed by atoms with E-state index in [9.17, 15) is 14.4 Å². The van der Waals surface area contributed by atoms with Gasteiger partial charge in [0.25, 0.3) is 0 Å². The number of hydrogen-bond donors (Lipinski definition) is 3. The number of rotatable bonds is 5. The van der Waals surface area contributed by atoms with Crippen LogP contribution in [-0.2, 0) is 19.1 Å². The molecule has 0 radical (unpaired) electrons. The van der Waals surface area contributed by atoms with Gasteiger partial charge in [0.15, 0.2) is 10.9 Å². The topological polar surface area (TPSA) is 146 Å². The van der Waals surface area contributed by atoms with Crippen LogP contribution in [0.15, 0.2) is 27.9 Å². The first-order chi connectivity index (χ1) is 14.3. The number of carbonyl (C=O) groups excluding carboxylic acids is 3. The predicted octanol–water partition coefficient (Wildman–Crippen LogP) is 0.267. The number of fused-ring (bicyclic) bond motifs is 4. The largest absolute Gasteiger partial charge is 0.449 e. The highest BCUT2D eigenvalue weighted by molar-refractivity contribution is 7.13. The van der Waals surface area contributed by atoms with E-state index in [1.54, 1.807) is 6.92 Å². The third-order valence-corrected chi connectivity index (χ3v) is 7.15. The first kappa shape index (κ1) is 19.2. The van der Waals surface area contributed by atoms with Crippen LogP contribution in [0.25, 0.3) is 0 Å². The molecule has 158 valence electrons. The lowest BCUT2D eigenvalue weighted by molar-refractivity contribution is -0.137. The molecule has 30 heavy (non-hydrogen) atoms. The SMILES string of the molecule is CO[C@@]12[C@H](COC(N)=O)C3=C(C(=O)C(C)=C(Nc4nc(C)cs4)C3=O)N1C[C@@H]1N[C@@H]12. The van der Waals surface area contributed by atoms with E-state index in [0.717, 1.165) is 5.69 Å². The molecule has 11 heteroatoms. The number of hydrogen-bond acceptors (Lipinski definition) is 10. The molecular formula is C19H21N5O5S. The van der Waals surface area contributed by atoms with Crippen LogP contribution in [-0.4, -0.2) is 65.6 Å². The molecular weight excluding hydrogens is 410 g/mol. The Bertz CT molecular complexity index is 1060. The van der Waals surface area contributed by atoms with Crippen molar-refractivity contribution >= 4 is 34.1 Å². The second-order valence-electron chi connectivity index (χ2n) is 7.84. The zero-order chi connectivity index (χ0) is 21.4. The molecule has 4 N–H and O–H groups in total. The Labute approximate surface area is 176 Å². The quantitative estimate of drug-likeness (QED) is 0.441. The maximum atomic E-state index is 13.6. The van der Waals surface area contributed by atoms with Crippen LogP contribution in [0.5, 0.6) is 0 Å². The minimum absolute atomic E-state index is 0.0755. The van der Waals surface area contributed by atoms with Crippen LogP contribution in [0.3, 0.4) is 0 Å². The highest BCUT2D eigenvalue weighted by Gasteiger charge is 2.72. The summed E-state index contributed by atoms with van der Waals surface area (Å²) in [4.78, 5) is 44.5. The van der Waals surface area contributed by atoms with E-state index in [0.29, 0.717) is 22.9 Å². The Morgan fingerprint density at radius 1 is 1.43 bits per heavy atom. The number of carbonyl (C=O) groups is 3. The molecule has 1 amide bonds. The Kier molecular flexibility index (Phi) is 4.08. The molecule has 2 fully saturated rings. The van der Waals surface area contributed by atoms with Gasteiger partial charge in [-0.3, -0.25) is 9.59 Å². The van der Waals surface area contributed by atoms with Crippen molar-refractivity contribution < 1.29 is 23.9 Å². The van der Waals surface area contributed by atoms with Crippen molar-refractivity contribution in [2.45, 2.75) is 31.7 Å². The fourth-order valence-electron chi connectivity index (χ4n) is 4.96. The lowest BCUT2D eigenvalue weighted by Gasteiger charge is -2.39. The van der Waals surface area contributed by atoms with Gasteiger partial charge < -0.3 is 30.7 Å². The first-order valence-corrected chi connectivity index (χ1v) is 10.4. The van der Waals surface area contributed by atoms with Crippen LogP contribution in [0.2, 0.25) is 0 Å². The molecule has 0 spiro atoms. The van der Waals surface area contributed by atoms with Gasteiger partial charge in [-0.05, 0) is 13.8 Å². The number of Topliss-reactive ketones (excluding diaryl/α,β-unsaturated/α-hetero) is 2. The summed E-state index contributed by atoms with van der Waals surface area (Å²) < 4.78 is 11.0. The molecule has 0 unspecified atom stereocenters. The summed E-state index contributed by atoms with van der Waals surface area (Å²) in [6, 6.07) is 0.0774. The van der Waals surface area contributed by atoms with Gasteiger partial charge in [-0.25, -0.2) is 9.78 Å². The number of aryl methyl sites for hydroxylation is 1. The van der Waals surface area contributed by atoms with Crippen LogP contribution < -0.4 is 16.4 Å². The molecule has 4 heterocycles. The summed E-state index contributed by atoms with van der Waals surface area (Å²) in [5.41, 5.74) is 6.15. The van der Waals surface area contributed by atoms with Crippen molar-refractivity contribution in [2.24, 2.45) is 11.7 Å². The fourth-order valence-corrected chi connectivity index (χ4v) is 5.65. The van der Waals surface area contributed by atoms with Gasteiger partial charge in [-0.1, -0.05) is 0 Å². The Morgan fingerprint density at radius 2 is 2.20 bits per heavy atom. The van der Waals surface area contributed by atoms with E-state index in [2.05, 4.69) is 15.6 Å². The molecule has 0 aromatic carbocycles. The van der Waals surface area contributed by atoms with E-state index in [1.165, 1.54) is 18.4 Å². The molecule has 5 rings (SSSR count). The number of aromatic nitrogens is 1. The van der Waals surface area contributed by atoms with Crippen LogP contribution >= 0.6 is 11.3 Å². The number of piperazine rings is 1. The van der Waals surface area contributed by atoms with Gasteiger partial charge in [-0.15, -0.1) is 11.3 Å². The number of nitrogens with two attached hydrogens (primary N) is 1. The van der Waals surface area contributed by atoms with Crippen molar-refractivity contribution in [2.75, 3.05) is 25.6 Å². The number of thiazole rings is 1. The van der Waals surface area contributed by atoms with Gasteiger partial charge in [-0.2, -0.15) is 0 Å². The zero-order valence-corrected chi connectivity index (χ0v) is 17.5. The highest BCUT2D eigenvalue weighted by Crippen LogP contribution is 2.55. The summed E-state index contributed by atoms with van der Waals surface area (Å²) in [6.07, 6.45) is -0.946. The number of amides is 1. The number of nitrogens with zero attached hydrogens (tertiary/aromatic N) is 2. The number of nitrogens with one attached hydrogen (secondary N) is 2. The number of allylic oxidation sites excluding steroid dienone is 2. The Hall–Kier alpha value is -2.76. The number of anilines is 1. The van der Waals surface area contributed by atoms with E-state index < -0.39 is 17.7 Å². The molecule has 2 saturated heterocycles. The highest BCUT2D eigenvalue weighted by atomic mass is 32.1. The number of methoxy groups -OCH3 is 1. The van der Waals surface area contributed by atoms with Crippen molar-refractivity contribution in [3.8, 4) is 0 Å². The van der Waals surface area contributed by atoms with Gasteiger partial charge in [0.1, 0.15) is 6.61 Å². The first-order valence-electron chi connectivity index (χ1n) is 9.54. The van der Waals surface area contributed by atoms with Gasteiger partial charge in [0, 0.05) is 36.2 Å². The number of primary amides is 1. The number of ether oxygens (including phenoxy) is 2. The maximum absolute atomic E-state index is 13.6. The number of ketones is 2. The van der Waals surface area contributed by atoms with Crippen molar-refractivity contribution in [1.29, 1.82) is 0 Å². The normalized spacial score (nSPS) is 31.7. The second-order valence-corrected chi connectivity index (χ2v) is 8.70. The molecule has 10 nitrogen and oxygen atoms in total. The van der Waals surface area contributed by atoms with Crippen molar-refractivity contribution in [3.05, 3.63) is 33.6 Å². The summed E-state index contributed by atoms with van der Waals surface area (Å²) in [7, 11) is 1.54. The molecule has 1 aromatic rings. The smallest absolute Gasteiger partial charge is 0.404 e. The predicted molar refractivity (Wildman–Crippen MR) is 106 cm³/mol. The van der Waals surface area contributed by atoms with E-state index in [1.807, 2.05) is 17.2 Å². The summed E-state index contributed by atoms with van der Waals surface area (Å²) in [6.45, 7) is 3.85. The van der Waals surface area contributed by atoms with Crippen molar-refractivity contribution in [3.63, 3.8) is 0 Å². The van der Waals surface area contributed by atoms with Crippen LogP contribution in [0.1, 0.15) is 12.6 Å². The Balaban J connectivity index is 1.58. The third-order valence-electron chi connectivity index (χ3n) is 6.28. The zero-order valence-electron chi connectivity index (χ0n) is 16.6. The van der Waals surface area contributed by atoms with E-state index in [4.69, 9.17) is 15.2 Å². The lowest BCUT2D eigenvalue weighted by atomic mass is 9.82. The van der Waals surface area contributed by atoms with Gasteiger partial charge in [0.2, 0.25) is 11.6 Å². The van der Waals surface area contributed by atoms with Gasteiger partial charge >= 0.3 is 6.09 Å². The average Bonchev–Trinajstić information content (AvgIpc) is 3.10. The standard InChI is InChI=1S/C19H21N5O5S/c1-7-6-30-18(21-7)23-12-8(2)14(25)13-11(15(12)26)9(5-29-17(20)27)19(28-3)16-10(22-16)4-24(13)19/h6,9-10,16,22H,4-5H2,1-3H3,(H2,20,27)(H,21,23)/t9-,10+,16+,19-/m1/s1. The maximum Gasteiger partial charge on any atom is 0.404 e. The van der Waals surface area contributed by atoms with E-state index >= 15 is 0 Å². The molecule has 1 aromatic heterocycles. The summed E-state index contributed by atoms with van der Waals surface area (Å²) in [5, 5.41) is 8.73. The molecule has 4 aliphatic rings.